The second kappa shape index (κ2) is 12.7. The predicted molar refractivity (Wildman–Crippen MR) is 170 cm³/mol. The first-order valence-electron chi connectivity index (χ1n) is 13.7. The molecule has 0 aliphatic carbocycles. The van der Waals surface area contributed by atoms with Gasteiger partial charge in [-0.1, -0.05) is 72.3 Å². The molecule has 1 N–H and O–H groups in total. The van der Waals surface area contributed by atoms with Gasteiger partial charge >= 0.3 is 0 Å². The van der Waals surface area contributed by atoms with Crippen LogP contribution < -0.4 is 15.0 Å². The highest BCUT2D eigenvalue weighted by atomic mass is 35.5. The molecular weight excluding hydrogens is 582 g/mol. The van der Waals surface area contributed by atoms with Crippen LogP contribution in [0.2, 0.25) is 5.02 Å². The smallest absolute Gasteiger partial charge is 0.240 e. The molecule has 1 unspecified atom stereocenters. The second-order valence-electron chi connectivity index (χ2n) is 9.86. The summed E-state index contributed by atoms with van der Waals surface area (Å²) in [6.07, 6.45) is 3.35. The Labute approximate surface area is 258 Å². The SMILES string of the molecule is COc1ccccc1C1SCC(=O)N(CC(=O)NCc2ccncc2)c2c1c(-c1ccccc1)nn2-c1ccccc1Cl. The van der Waals surface area contributed by atoms with Crippen LogP contribution in [0.1, 0.15) is 21.9 Å². The number of hydrogen-bond acceptors (Lipinski definition) is 6. The van der Waals surface area contributed by atoms with Crippen molar-refractivity contribution >= 4 is 41.0 Å². The van der Waals surface area contributed by atoms with E-state index >= 15 is 0 Å². The summed E-state index contributed by atoms with van der Waals surface area (Å²) in [5.41, 5.74) is 4.78. The van der Waals surface area contributed by atoms with Gasteiger partial charge in [-0.15, -0.1) is 11.8 Å². The molecule has 2 amide bonds. The fourth-order valence-electron chi connectivity index (χ4n) is 5.15. The zero-order valence-electron chi connectivity index (χ0n) is 23.3. The molecular formula is C33H28ClN5O3S. The van der Waals surface area contributed by atoms with E-state index in [1.165, 1.54) is 16.7 Å². The number of thioether (sulfide) groups is 1. The molecule has 216 valence electrons. The number of ether oxygens (including phenoxy) is 1. The van der Waals surface area contributed by atoms with Gasteiger partial charge in [0.15, 0.2) is 0 Å². The van der Waals surface area contributed by atoms with Crippen LogP contribution in [0, 0.1) is 0 Å². The van der Waals surface area contributed by atoms with E-state index in [-0.39, 0.29) is 29.4 Å². The Kier molecular flexibility index (Phi) is 8.44. The van der Waals surface area contributed by atoms with E-state index < -0.39 is 0 Å². The minimum atomic E-state index is -0.327. The number of benzene rings is 3. The van der Waals surface area contributed by atoms with Crippen LogP contribution >= 0.6 is 23.4 Å². The monoisotopic (exact) mass is 609 g/mol. The molecule has 0 radical (unpaired) electrons. The molecule has 5 aromatic rings. The van der Waals surface area contributed by atoms with Crippen molar-refractivity contribution in [2.24, 2.45) is 0 Å². The molecule has 43 heavy (non-hydrogen) atoms. The molecule has 10 heteroatoms. The number of carbonyl (C=O) groups is 2. The van der Waals surface area contributed by atoms with Crippen molar-refractivity contribution in [3.8, 4) is 22.7 Å². The number of carbonyl (C=O) groups excluding carboxylic acids is 2. The first-order valence-corrected chi connectivity index (χ1v) is 15.1. The number of amides is 2. The molecule has 8 nitrogen and oxygen atoms in total. The molecule has 3 heterocycles. The number of pyridine rings is 1. The van der Waals surface area contributed by atoms with Crippen LogP contribution in [0.3, 0.4) is 0 Å². The molecule has 0 spiro atoms. The standard InChI is InChI=1S/C33H28ClN5O3S/c1-42-27-14-8-5-11-24(27)32-30-31(23-9-3-2-4-10-23)37-39(26-13-7-6-12-25(26)34)33(30)38(29(41)21-43-32)20-28(40)36-19-22-15-17-35-18-16-22/h2-18,32H,19-21H2,1H3,(H,36,40). The van der Waals surface area contributed by atoms with Gasteiger partial charge < -0.3 is 10.1 Å². The molecule has 2 aromatic heterocycles. The van der Waals surface area contributed by atoms with E-state index in [0.29, 0.717) is 34.5 Å². The van der Waals surface area contributed by atoms with Gasteiger partial charge in [-0.2, -0.15) is 5.10 Å². The van der Waals surface area contributed by atoms with Crippen LogP contribution in [0.15, 0.2) is 103 Å². The van der Waals surface area contributed by atoms with Crippen molar-refractivity contribution < 1.29 is 14.3 Å². The Balaban J connectivity index is 1.55. The zero-order chi connectivity index (χ0) is 29.8. The summed E-state index contributed by atoms with van der Waals surface area (Å²) in [6.45, 7) is 0.119. The lowest BCUT2D eigenvalue weighted by Crippen LogP contribution is -2.42. The summed E-state index contributed by atoms with van der Waals surface area (Å²) < 4.78 is 7.47. The highest BCUT2D eigenvalue weighted by Crippen LogP contribution is 2.50. The lowest BCUT2D eigenvalue weighted by Gasteiger charge is -2.24. The number of aromatic nitrogens is 3. The van der Waals surface area contributed by atoms with Gasteiger partial charge in [-0.05, 0) is 35.9 Å². The highest BCUT2D eigenvalue weighted by Gasteiger charge is 2.38. The minimum Gasteiger partial charge on any atom is -0.496 e. The molecule has 1 aliphatic rings. The van der Waals surface area contributed by atoms with Gasteiger partial charge in [0.1, 0.15) is 18.1 Å². The van der Waals surface area contributed by atoms with Gasteiger partial charge in [0.25, 0.3) is 0 Å². The summed E-state index contributed by atoms with van der Waals surface area (Å²) in [5, 5.41) is 8.18. The van der Waals surface area contributed by atoms with Crippen molar-refractivity contribution in [2.45, 2.75) is 11.8 Å². The third-order valence-electron chi connectivity index (χ3n) is 7.18. The molecule has 1 aliphatic heterocycles. The van der Waals surface area contributed by atoms with Gasteiger partial charge in [-0.3, -0.25) is 19.5 Å². The predicted octanol–water partition coefficient (Wildman–Crippen LogP) is 6.08. The fraction of sp³-hybridized carbons (Fsp3) is 0.152. The first-order chi connectivity index (χ1) is 21.0. The Hall–Kier alpha value is -4.60. The number of halogens is 1. The maximum absolute atomic E-state index is 13.9. The summed E-state index contributed by atoms with van der Waals surface area (Å²) >= 11 is 8.22. The first kappa shape index (κ1) is 28.5. The van der Waals surface area contributed by atoms with Gasteiger partial charge in [-0.25, -0.2) is 4.68 Å². The number of fused-ring (bicyclic) bond motifs is 1. The van der Waals surface area contributed by atoms with Gasteiger partial charge in [0, 0.05) is 35.6 Å². The Morgan fingerprint density at radius 2 is 1.72 bits per heavy atom. The maximum Gasteiger partial charge on any atom is 0.240 e. The summed E-state index contributed by atoms with van der Waals surface area (Å²) in [5.74, 6) is 0.829. The Morgan fingerprint density at radius 1 is 1.00 bits per heavy atom. The molecule has 6 rings (SSSR count). The summed E-state index contributed by atoms with van der Waals surface area (Å²) in [4.78, 5) is 32.9. The number of nitrogens with one attached hydrogen (secondary N) is 1. The van der Waals surface area contributed by atoms with Crippen LogP contribution in [-0.2, 0) is 16.1 Å². The largest absolute Gasteiger partial charge is 0.496 e. The fourth-order valence-corrected chi connectivity index (χ4v) is 6.59. The number of anilines is 1. The zero-order valence-corrected chi connectivity index (χ0v) is 24.9. The van der Waals surface area contributed by atoms with Crippen molar-refractivity contribution in [3.63, 3.8) is 0 Å². The van der Waals surface area contributed by atoms with Crippen LogP contribution in [-0.4, -0.2) is 46.0 Å². The van der Waals surface area contributed by atoms with E-state index in [1.807, 2.05) is 84.9 Å². The molecule has 0 bridgehead atoms. The van der Waals surface area contributed by atoms with Crippen LogP contribution in [0.5, 0.6) is 5.75 Å². The maximum atomic E-state index is 13.9. The van der Waals surface area contributed by atoms with Crippen molar-refractivity contribution in [1.82, 2.24) is 20.1 Å². The summed E-state index contributed by atoms with van der Waals surface area (Å²) in [7, 11) is 1.64. The quantitative estimate of drug-likeness (QED) is 0.229. The summed E-state index contributed by atoms with van der Waals surface area (Å²) in [6, 6.07) is 28.6. The Morgan fingerprint density at radius 3 is 2.49 bits per heavy atom. The van der Waals surface area contributed by atoms with Crippen molar-refractivity contribution in [1.29, 1.82) is 0 Å². The third kappa shape index (κ3) is 5.86. The average Bonchev–Trinajstić information content (AvgIpc) is 3.37. The van der Waals surface area contributed by atoms with E-state index in [2.05, 4.69) is 10.3 Å². The molecule has 1 atom stereocenters. The van der Waals surface area contributed by atoms with E-state index in [9.17, 15) is 9.59 Å². The van der Waals surface area contributed by atoms with Gasteiger partial charge in [0.05, 0.1) is 34.5 Å². The van der Waals surface area contributed by atoms with Crippen molar-refractivity contribution in [2.75, 3.05) is 24.3 Å². The number of para-hydroxylation sites is 2. The number of nitrogens with zero attached hydrogens (tertiary/aromatic N) is 4. The molecule has 0 saturated carbocycles. The van der Waals surface area contributed by atoms with Crippen LogP contribution in [0.25, 0.3) is 16.9 Å². The number of hydrogen-bond donors (Lipinski definition) is 1. The van der Waals surface area contributed by atoms with E-state index in [0.717, 1.165) is 22.3 Å². The van der Waals surface area contributed by atoms with Crippen LogP contribution in [0.4, 0.5) is 5.82 Å². The van der Waals surface area contributed by atoms with E-state index in [1.54, 1.807) is 30.3 Å². The lowest BCUT2D eigenvalue weighted by molar-refractivity contribution is -0.123. The molecule has 3 aromatic carbocycles. The Bertz CT molecular complexity index is 1760. The van der Waals surface area contributed by atoms with Crippen molar-refractivity contribution in [3.05, 3.63) is 125 Å². The van der Waals surface area contributed by atoms with E-state index in [4.69, 9.17) is 21.4 Å². The third-order valence-corrected chi connectivity index (χ3v) is 8.74. The number of rotatable bonds is 8. The topological polar surface area (TPSA) is 89.3 Å². The molecule has 0 fully saturated rings. The molecule has 0 saturated heterocycles. The average molecular weight is 610 g/mol. The van der Waals surface area contributed by atoms with Gasteiger partial charge in [0.2, 0.25) is 11.8 Å². The highest BCUT2D eigenvalue weighted by molar-refractivity contribution is 8.00. The minimum absolute atomic E-state index is 0.145. The normalized spacial score (nSPS) is 14.6. The second-order valence-corrected chi connectivity index (χ2v) is 11.4. The number of methoxy groups -OCH3 is 1. The lowest BCUT2D eigenvalue weighted by atomic mass is 9.99.